The Balaban J connectivity index is 1.69. The Morgan fingerprint density at radius 2 is 2.26 bits per heavy atom. The molecule has 0 spiro atoms. The summed E-state index contributed by atoms with van der Waals surface area (Å²) in [4.78, 5) is 12.1. The lowest BCUT2D eigenvalue weighted by Crippen LogP contribution is -2.29. The molecule has 1 aliphatic carbocycles. The minimum absolute atomic E-state index is 0.00694. The number of unbranched alkanes of at least 4 members (excludes halogenated alkanes) is 1. The second-order valence-electron chi connectivity index (χ2n) is 6.44. The third kappa shape index (κ3) is 3.71. The topological polar surface area (TPSA) is 38.8 Å². The lowest BCUT2D eigenvalue weighted by molar-refractivity contribution is -0.151. The molecule has 1 saturated carbocycles. The summed E-state index contributed by atoms with van der Waals surface area (Å²) in [5.74, 6) is 0.617. The van der Waals surface area contributed by atoms with Gasteiger partial charge in [0.25, 0.3) is 0 Å². The van der Waals surface area contributed by atoms with Crippen LogP contribution in [-0.4, -0.2) is 24.3 Å². The van der Waals surface area contributed by atoms with Gasteiger partial charge in [0.1, 0.15) is 0 Å². The molecule has 0 aromatic carbocycles. The first-order valence-corrected chi connectivity index (χ1v) is 7.93. The zero-order valence-corrected chi connectivity index (χ0v) is 12.6. The molecule has 1 saturated heterocycles. The Hall–Kier alpha value is -0.570. The Kier molecular flexibility index (Phi) is 4.88. The van der Waals surface area contributed by atoms with Gasteiger partial charge in [0.2, 0.25) is 0 Å². The summed E-state index contributed by atoms with van der Waals surface area (Å²) < 4.78 is 11.2. The summed E-state index contributed by atoms with van der Waals surface area (Å²) in [7, 11) is 0. The molecule has 110 valence electrons. The molecule has 0 aromatic heterocycles. The van der Waals surface area contributed by atoms with Gasteiger partial charge in [0, 0.05) is 0 Å². The first-order chi connectivity index (χ1) is 9.09. The predicted octanol–water partition coefficient (Wildman–Crippen LogP) is 3.70. The summed E-state index contributed by atoms with van der Waals surface area (Å²) in [6, 6.07) is 0. The van der Waals surface area contributed by atoms with Crippen LogP contribution < -0.4 is 0 Å². The molecular formula is C16H28O3. The summed E-state index contributed by atoms with van der Waals surface area (Å²) in [6.07, 6.45) is 7.82. The average Bonchev–Trinajstić information content (AvgIpc) is 3.09. The SMILES string of the molecule is CCCCC(CC)COC(=O)C1CCC2(C)OC2C1. The highest BCUT2D eigenvalue weighted by molar-refractivity contribution is 5.72. The molecule has 0 amide bonds. The molecule has 1 aliphatic heterocycles. The lowest BCUT2D eigenvalue weighted by Gasteiger charge is -2.22. The maximum atomic E-state index is 12.1. The first-order valence-electron chi connectivity index (χ1n) is 7.93. The van der Waals surface area contributed by atoms with Crippen molar-refractivity contribution < 1.29 is 14.3 Å². The number of carbonyl (C=O) groups is 1. The zero-order valence-electron chi connectivity index (χ0n) is 12.6. The van der Waals surface area contributed by atoms with Crippen molar-refractivity contribution >= 4 is 5.97 Å². The second-order valence-corrected chi connectivity index (χ2v) is 6.44. The number of fused-ring (bicyclic) bond motifs is 1. The molecule has 1 heterocycles. The van der Waals surface area contributed by atoms with Crippen LogP contribution in [0.3, 0.4) is 0 Å². The van der Waals surface area contributed by atoms with Crippen molar-refractivity contribution in [2.24, 2.45) is 11.8 Å². The van der Waals surface area contributed by atoms with Crippen molar-refractivity contribution in [1.82, 2.24) is 0 Å². The Morgan fingerprint density at radius 3 is 2.89 bits per heavy atom. The van der Waals surface area contributed by atoms with Crippen LogP contribution in [0.4, 0.5) is 0 Å². The molecule has 2 aliphatic rings. The first kappa shape index (κ1) is 14.8. The summed E-state index contributed by atoms with van der Waals surface area (Å²) in [5, 5.41) is 0. The van der Waals surface area contributed by atoms with Gasteiger partial charge in [-0.25, -0.2) is 0 Å². The van der Waals surface area contributed by atoms with Gasteiger partial charge in [-0.05, 0) is 38.5 Å². The number of ether oxygens (including phenoxy) is 2. The lowest BCUT2D eigenvalue weighted by atomic mass is 9.83. The number of hydrogen-bond acceptors (Lipinski definition) is 3. The minimum Gasteiger partial charge on any atom is -0.465 e. The molecule has 2 fully saturated rings. The van der Waals surface area contributed by atoms with E-state index in [1.807, 2.05) is 0 Å². The number of epoxide rings is 1. The predicted molar refractivity (Wildman–Crippen MR) is 74.9 cm³/mol. The van der Waals surface area contributed by atoms with Gasteiger partial charge in [-0.3, -0.25) is 4.79 Å². The van der Waals surface area contributed by atoms with Crippen molar-refractivity contribution in [1.29, 1.82) is 0 Å². The van der Waals surface area contributed by atoms with Crippen molar-refractivity contribution in [3.8, 4) is 0 Å². The second kappa shape index (κ2) is 6.25. The van der Waals surface area contributed by atoms with Crippen LogP contribution in [0.5, 0.6) is 0 Å². The molecule has 0 radical (unpaired) electrons. The average molecular weight is 268 g/mol. The van der Waals surface area contributed by atoms with Crippen molar-refractivity contribution in [3.63, 3.8) is 0 Å². The fraction of sp³-hybridized carbons (Fsp3) is 0.938. The fourth-order valence-corrected chi connectivity index (χ4v) is 3.08. The van der Waals surface area contributed by atoms with Gasteiger partial charge in [-0.2, -0.15) is 0 Å². The number of carbonyl (C=O) groups excluding carboxylic acids is 1. The number of rotatable bonds is 7. The van der Waals surface area contributed by atoms with Crippen LogP contribution in [0.25, 0.3) is 0 Å². The van der Waals surface area contributed by atoms with E-state index in [4.69, 9.17) is 9.47 Å². The summed E-state index contributed by atoms with van der Waals surface area (Å²) >= 11 is 0. The fourth-order valence-electron chi connectivity index (χ4n) is 3.08. The van der Waals surface area contributed by atoms with Gasteiger partial charge in [0.05, 0.1) is 24.2 Å². The van der Waals surface area contributed by atoms with Crippen LogP contribution in [0.15, 0.2) is 0 Å². The third-order valence-corrected chi connectivity index (χ3v) is 4.86. The van der Waals surface area contributed by atoms with Gasteiger partial charge < -0.3 is 9.47 Å². The van der Waals surface area contributed by atoms with E-state index < -0.39 is 0 Å². The van der Waals surface area contributed by atoms with E-state index in [2.05, 4.69) is 20.8 Å². The van der Waals surface area contributed by atoms with Gasteiger partial charge in [0.15, 0.2) is 0 Å². The highest BCUT2D eigenvalue weighted by atomic mass is 16.6. The standard InChI is InChI=1S/C16H28O3/c1-4-6-7-12(5-2)11-18-15(17)13-8-9-16(3)14(10-13)19-16/h12-14H,4-11H2,1-3H3. The van der Waals surface area contributed by atoms with Gasteiger partial charge in [-0.15, -0.1) is 0 Å². The maximum absolute atomic E-state index is 12.1. The van der Waals surface area contributed by atoms with E-state index in [0.29, 0.717) is 18.6 Å². The van der Waals surface area contributed by atoms with E-state index in [1.54, 1.807) is 0 Å². The highest BCUT2D eigenvalue weighted by Gasteiger charge is 2.56. The third-order valence-electron chi connectivity index (χ3n) is 4.86. The van der Waals surface area contributed by atoms with Crippen molar-refractivity contribution in [2.75, 3.05) is 6.61 Å². The Morgan fingerprint density at radius 1 is 1.47 bits per heavy atom. The van der Waals surface area contributed by atoms with E-state index in [-0.39, 0.29) is 17.5 Å². The summed E-state index contributed by atoms with van der Waals surface area (Å²) in [5.41, 5.74) is 0.0872. The largest absolute Gasteiger partial charge is 0.465 e. The summed E-state index contributed by atoms with van der Waals surface area (Å²) in [6.45, 7) is 7.14. The molecule has 2 rings (SSSR count). The normalized spacial score (nSPS) is 34.5. The molecule has 0 bridgehead atoms. The molecule has 3 heteroatoms. The molecule has 0 aromatic rings. The number of esters is 1. The van der Waals surface area contributed by atoms with Gasteiger partial charge in [-0.1, -0.05) is 33.1 Å². The quantitative estimate of drug-likeness (QED) is 0.522. The van der Waals surface area contributed by atoms with Gasteiger partial charge >= 0.3 is 5.97 Å². The smallest absolute Gasteiger partial charge is 0.309 e. The van der Waals surface area contributed by atoms with E-state index in [1.165, 1.54) is 19.3 Å². The maximum Gasteiger partial charge on any atom is 0.309 e. The van der Waals surface area contributed by atoms with Crippen LogP contribution in [0.2, 0.25) is 0 Å². The Labute approximate surface area is 117 Å². The molecule has 0 N–H and O–H groups in total. The molecule has 4 atom stereocenters. The number of hydrogen-bond donors (Lipinski definition) is 0. The van der Waals surface area contributed by atoms with Crippen LogP contribution in [0, 0.1) is 11.8 Å². The van der Waals surface area contributed by atoms with Crippen molar-refractivity contribution in [2.45, 2.75) is 77.4 Å². The van der Waals surface area contributed by atoms with Crippen LogP contribution >= 0.6 is 0 Å². The van der Waals surface area contributed by atoms with Crippen LogP contribution in [0.1, 0.15) is 65.7 Å². The van der Waals surface area contributed by atoms with Crippen LogP contribution in [-0.2, 0) is 14.3 Å². The Bertz CT molecular complexity index is 315. The molecule has 19 heavy (non-hydrogen) atoms. The zero-order chi connectivity index (χ0) is 13.9. The molecular weight excluding hydrogens is 240 g/mol. The molecule has 3 nitrogen and oxygen atoms in total. The monoisotopic (exact) mass is 268 g/mol. The van der Waals surface area contributed by atoms with Crippen molar-refractivity contribution in [3.05, 3.63) is 0 Å². The highest BCUT2D eigenvalue weighted by Crippen LogP contribution is 2.49. The van der Waals surface area contributed by atoms with E-state index >= 15 is 0 Å². The molecule has 4 unspecified atom stereocenters. The van der Waals surface area contributed by atoms with E-state index in [0.717, 1.165) is 25.7 Å². The van der Waals surface area contributed by atoms with E-state index in [9.17, 15) is 4.79 Å². The minimum atomic E-state index is 0.00694.